The average Bonchev–Trinajstić information content (AvgIpc) is 2.61. The van der Waals surface area contributed by atoms with Gasteiger partial charge in [-0.25, -0.2) is 0 Å². The van der Waals surface area contributed by atoms with Crippen LogP contribution in [0.1, 0.15) is 70.3 Å². The van der Waals surface area contributed by atoms with Crippen LogP contribution in [0, 0.1) is 5.92 Å². The molecule has 1 aliphatic carbocycles. The second kappa shape index (κ2) is 7.86. The fraction of sp³-hybridized carbons (Fsp3) is 0.545. The standard InChI is InChI=1S/C22H30O/c1-3-5-14-23-22-13-12-20-15-19(10-11-21(20)16-22)18-8-6-17(4-2)7-9-18/h10-13,15-18H,3-9,14H2,1-2H3. The van der Waals surface area contributed by atoms with Gasteiger partial charge in [-0.2, -0.15) is 0 Å². The van der Waals surface area contributed by atoms with Crippen LogP contribution >= 0.6 is 0 Å². The summed E-state index contributed by atoms with van der Waals surface area (Å²) in [6.07, 6.45) is 9.19. The molecule has 3 rings (SSSR count). The molecule has 2 aromatic carbocycles. The summed E-state index contributed by atoms with van der Waals surface area (Å²) in [5.41, 5.74) is 1.53. The minimum Gasteiger partial charge on any atom is -0.494 e. The molecule has 0 aliphatic heterocycles. The molecule has 0 bridgehead atoms. The molecule has 23 heavy (non-hydrogen) atoms. The molecule has 0 aromatic heterocycles. The molecule has 2 aromatic rings. The van der Waals surface area contributed by atoms with E-state index in [9.17, 15) is 0 Å². The molecular weight excluding hydrogens is 280 g/mol. The monoisotopic (exact) mass is 310 g/mol. The minimum absolute atomic E-state index is 0.766. The van der Waals surface area contributed by atoms with E-state index in [-0.39, 0.29) is 0 Å². The minimum atomic E-state index is 0.766. The van der Waals surface area contributed by atoms with Gasteiger partial charge in [-0.15, -0.1) is 0 Å². The van der Waals surface area contributed by atoms with Gasteiger partial charge in [0.15, 0.2) is 0 Å². The van der Waals surface area contributed by atoms with Crippen LogP contribution in [0.2, 0.25) is 0 Å². The highest BCUT2D eigenvalue weighted by molar-refractivity contribution is 5.84. The van der Waals surface area contributed by atoms with Crippen LogP contribution in [0.5, 0.6) is 5.75 Å². The van der Waals surface area contributed by atoms with Crippen LogP contribution < -0.4 is 4.74 Å². The second-order valence-corrected chi connectivity index (χ2v) is 7.10. The first-order chi connectivity index (χ1) is 11.3. The van der Waals surface area contributed by atoms with Crippen molar-refractivity contribution in [2.45, 2.75) is 64.7 Å². The van der Waals surface area contributed by atoms with Crippen LogP contribution in [0.25, 0.3) is 10.8 Å². The summed E-state index contributed by atoms with van der Waals surface area (Å²) in [4.78, 5) is 0. The van der Waals surface area contributed by atoms with E-state index in [0.717, 1.165) is 30.6 Å². The highest BCUT2D eigenvalue weighted by atomic mass is 16.5. The van der Waals surface area contributed by atoms with Gasteiger partial charge in [0, 0.05) is 0 Å². The molecule has 0 N–H and O–H groups in total. The molecule has 0 saturated heterocycles. The topological polar surface area (TPSA) is 9.23 Å². The van der Waals surface area contributed by atoms with Crippen LogP contribution in [0.15, 0.2) is 36.4 Å². The smallest absolute Gasteiger partial charge is 0.119 e. The highest BCUT2D eigenvalue weighted by Crippen LogP contribution is 2.38. The summed E-state index contributed by atoms with van der Waals surface area (Å²) in [6.45, 7) is 5.35. The number of unbranched alkanes of at least 4 members (excludes halogenated alkanes) is 1. The summed E-state index contributed by atoms with van der Waals surface area (Å²) in [5.74, 6) is 2.74. The molecule has 1 nitrogen and oxygen atoms in total. The van der Waals surface area contributed by atoms with Crippen molar-refractivity contribution in [3.8, 4) is 5.75 Å². The molecule has 1 fully saturated rings. The van der Waals surface area contributed by atoms with E-state index >= 15 is 0 Å². The normalized spacial score (nSPS) is 21.5. The van der Waals surface area contributed by atoms with E-state index in [4.69, 9.17) is 4.74 Å². The van der Waals surface area contributed by atoms with Crippen molar-refractivity contribution in [2.75, 3.05) is 6.61 Å². The molecule has 1 saturated carbocycles. The Morgan fingerprint density at radius 1 is 0.913 bits per heavy atom. The predicted octanol–water partition coefficient (Wildman–Crippen LogP) is 6.70. The van der Waals surface area contributed by atoms with Gasteiger partial charge in [-0.3, -0.25) is 0 Å². The Hall–Kier alpha value is -1.50. The molecule has 0 spiro atoms. The number of benzene rings is 2. The number of rotatable bonds is 6. The number of fused-ring (bicyclic) bond motifs is 1. The van der Waals surface area contributed by atoms with Crippen LogP contribution in [-0.2, 0) is 0 Å². The van der Waals surface area contributed by atoms with Gasteiger partial charge in [0.25, 0.3) is 0 Å². The van der Waals surface area contributed by atoms with Crippen LogP contribution in [-0.4, -0.2) is 6.61 Å². The Bertz CT molecular complexity index is 623. The maximum atomic E-state index is 5.83. The first-order valence-electron chi connectivity index (χ1n) is 9.46. The molecule has 0 atom stereocenters. The largest absolute Gasteiger partial charge is 0.494 e. The van der Waals surface area contributed by atoms with E-state index in [1.807, 2.05) is 0 Å². The van der Waals surface area contributed by atoms with Crippen molar-refractivity contribution in [2.24, 2.45) is 5.92 Å². The first kappa shape index (κ1) is 16.4. The van der Waals surface area contributed by atoms with Crippen molar-refractivity contribution in [1.29, 1.82) is 0 Å². The summed E-state index contributed by atoms with van der Waals surface area (Å²) < 4.78 is 5.83. The van der Waals surface area contributed by atoms with Crippen molar-refractivity contribution < 1.29 is 4.74 Å². The number of hydrogen-bond donors (Lipinski definition) is 0. The van der Waals surface area contributed by atoms with E-state index in [0.29, 0.717) is 0 Å². The average molecular weight is 310 g/mol. The molecular formula is C22H30O. The quantitative estimate of drug-likeness (QED) is 0.539. The zero-order valence-corrected chi connectivity index (χ0v) is 14.7. The number of ether oxygens (including phenoxy) is 1. The molecule has 0 radical (unpaired) electrons. The summed E-state index contributed by atoms with van der Waals surface area (Å²) in [6, 6.07) is 13.6. The van der Waals surface area contributed by atoms with Crippen molar-refractivity contribution in [3.05, 3.63) is 42.0 Å². The third-order valence-electron chi connectivity index (χ3n) is 5.50. The van der Waals surface area contributed by atoms with E-state index in [1.165, 1.54) is 54.9 Å². The molecule has 0 heterocycles. The van der Waals surface area contributed by atoms with Gasteiger partial charge in [-0.05, 0) is 72.4 Å². The molecule has 1 heteroatoms. The summed E-state index contributed by atoms with van der Waals surface area (Å²) in [5, 5.41) is 2.65. The van der Waals surface area contributed by atoms with Crippen molar-refractivity contribution in [1.82, 2.24) is 0 Å². The fourth-order valence-electron chi connectivity index (χ4n) is 3.82. The van der Waals surface area contributed by atoms with Crippen molar-refractivity contribution >= 4 is 10.8 Å². The molecule has 124 valence electrons. The Morgan fingerprint density at radius 3 is 2.39 bits per heavy atom. The highest BCUT2D eigenvalue weighted by Gasteiger charge is 2.21. The van der Waals surface area contributed by atoms with Gasteiger partial charge < -0.3 is 4.74 Å². The lowest BCUT2D eigenvalue weighted by atomic mass is 9.77. The third-order valence-corrected chi connectivity index (χ3v) is 5.50. The van der Waals surface area contributed by atoms with E-state index in [2.05, 4.69) is 50.2 Å². The first-order valence-corrected chi connectivity index (χ1v) is 9.46. The van der Waals surface area contributed by atoms with Crippen LogP contribution in [0.3, 0.4) is 0 Å². The Labute approximate surface area is 141 Å². The predicted molar refractivity (Wildman–Crippen MR) is 99.3 cm³/mol. The van der Waals surface area contributed by atoms with E-state index < -0.39 is 0 Å². The SMILES string of the molecule is CCCCOc1ccc2cc(C3CCC(CC)CC3)ccc2c1. The van der Waals surface area contributed by atoms with Gasteiger partial charge in [-0.1, -0.05) is 51.0 Å². The third kappa shape index (κ3) is 4.07. The van der Waals surface area contributed by atoms with Crippen LogP contribution in [0.4, 0.5) is 0 Å². The lowest BCUT2D eigenvalue weighted by molar-refractivity contribution is 0.310. The van der Waals surface area contributed by atoms with Gasteiger partial charge in [0.1, 0.15) is 5.75 Å². The summed E-state index contributed by atoms with van der Waals surface area (Å²) in [7, 11) is 0. The Morgan fingerprint density at radius 2 is 1.65 bits per heavy atom. The van der Waals surface area contributed by atoms with Gasteiger partial charge in [0.2, 0.25) is 0 Å². The zero-order valence-electron chi connectivity index (χ0n) is 14.7. The maximum Gasteiger partial charge on any atom is 0.119 e. The fourth-order valence-corrected chi connectivity index (χ4v) is 3.82. The molecule has 0 amide bonds. The van der Waals surface area contributed by atoms with Gasteiger partial charge >= 0.3 is 0 Å². The maximum absolute atomic E-state index is 5.83. The van der Waals surface area contributed by atoms with E-state index in [1.54, 1.807) is 0 Å². The zero-order chi connectivity index (χ0) is 16.1. The Kier molecular flexibility index (Phi) is 5.59. The van der Waals surface area contributed by atoms with Crippen molar-refractivity contribution in [3.63, 3.8) is 0 Å². The lowest BCUT2D eigenvalue weighted by Gasteiger charge is -2.28. The summed E-state index contributed by atoms with van der Waals surface area (Å²) >= 11 is 0. The second-order valence-electron chi connectivity index (χ2n) is 7.10. The number of hydrogen-bond acceptors (Lipinski definition) is 1. The lowest BCUT2D eigenvalue weighted by Crippen LogP contribution is -2.12. The van der Waals surface area contributed by atoms with Gasteiger partial charge in [0.05, 0.1) is 6.61 Å². The molecule has 0 unspecified atom stereocenters. The molecule has 1 aliphatic rings. The Balaban J connectivity index is 1.71.